The number of hydrogen-bond donors (Lipinski definition) is 1. The van der Waals surface area contributed by atoms with E-state index in [2.05, 4.69) is 10.3 Å². The second-order valence-electron chi connectivity index (χ2n) is 4.80. The Bertz CT molecular complexity index is 629. The van der Waals surface area contributed by atoms with E-state index < -0.39 is 0 Å². The molecule has 2 rings (SSSR count). The Kier molecular flexibility index (Phi) is 4.04. The van der Waals surface area contributed by atoms with E-state index in [-0.39, 0.29) is 11.7 Å². The minimum Gasteiger partial charge on any atom is -0.352 e. The van der Waals surface area contributed by atoms with E-state index in [0.29, 0.717) is 35.2 Å². The highest BCUT2D eigenvalue weighted by molar-refractivity contribution is 6.01. The van der Waals surface area contributed by atoms with Crippen LogP contribution in [0.5, 0.6) is 5.75 Å². The average molecular weight is 274 g/mol. The van der Waals surface area contributed by atoms with E-state index in [9.17, 15) is 9.32 Å². The maximum absolute atomic E-state index is 12.6. The highest BCUT2D eigenvalue weighted by Crippen LogP contribution is 2.32. The van der Waals surface area contributed by atoms with Crippen LogP contribution in [-0.2, 0) is 4.79 Å². The molecule has 0 aliphatic carbocycles. The lowest BCUT2D eigenvalue weighted by Gasteiger charge is -2.19. The number of carbonyl (C=O) groups excluding carboxylic acids is 1. The third kappa shape index (κ3) is 2.50. The monoisotopic (exact) mass is 274 g/mol. The van der Waals surface area contributed by atoms with Crippen molar-refractivity contribution in [2.45, 2.75) is 26.7 Å². The van der Waals surface area contributed by atoms with Crippen LogP contribution in [-0.4, -0.2) is 12.5 Å². The smallest absolute Gasteiger partial charge is 0.247 e. The summed E-state index contributed by atoms with van der Waals surface area (Å²) in [5.74, 6) is -0.0894. The van der Waals surface area contributed by atoms with Crippen molar-refractivity contribution in [3.8, 4) is 11.8 Å². The molecule has 1 aromatic rings. The molecule has 1 aliphatic rings. The van der Waals surface area contributed by atoms with Crippen molar-refractivity contribution >= 4 is 11.5 Å². The topological polar surface area (TPSA) is 62.1 Å². The molecule has 1 aliphatic heterocycles. The normalized spacial score (nSPS) is 17.2. The molecule has 0 radical (unpaired) electrons. The van der Waals surface area contributed by atoms with E-state index in [1.165, 1.54) is 6.07 Å². The Balaban J connectivity index is 2.59. The van der Waals surface area contributed by atoms with Gasteiger partial charge in [-0.25, -0.2) is 0 Å². The Hall–Kier alpha value is -2.35. The fraction of sp³-hybridized carbons (Fsp3) is 0.333. The predicted molar refractivity (Wildman–Crippen MR) is 72.5 cm³/mol. The second-order valence-corrected chi connectivity index (χ2v) is 4.80. The lowest BCUT2D eigenvalue weighted by atomic mass is 9.91. The van der Waals surface area contributed by atoms with Crippen molar-refractivity contribution in [3.63, 3.8) is 0 Å². The number of carbonyl (C=O) groups is 1. The van der Waals surface area contributed by atoms with E-state index in [0.717, 1.165) is 12.0 Å². The van der Waals surface area contributed by atoms with Crippen LogP contribution >= 0.6 is 0 Å². The van der Waals surface area contributed by atoms with E-state index >= 15 is 0 Å². The van der Waals surface area contributed by atoms with Gasteiger partial charge in [-0.05, 0) is 43.9 Å². The molecule has 1 fully saturated rings. The van der Waals surface area contributed by atoms with Crippen LogP contribution in [0, 0.1) is 18.3 Å². The number of halogens is 1. The number of amides is 1. The molecule has 0 atom stereocenters. The van der Waals surface area contributed by atoms with Crippen molar-refractivity contribution < 1.29 is 14.3 Å². The molecular weight excluding hydrogens is 259 g/mol. The largest absolute Gasteiger partial charge is 0.352 e. The zero-order valence-electron chi connectivity index (χ0n) is 11.4. The van der Waals surface area contributed by atoms with Gasteiger partial charge < -0.3 is 5.32 Å². The van der Waals surface area contributed by atoms with Gasteiger partial charge in [0.2, 0.25) is 5.91 Å². The van der Waals surface area contributed by atoms with E-state index in [4.69, 9.17) is 5.26 Å². The number of benzene rings is 1. The molecule has 0 bridgehead atoms. The van der Waals surface area contributed by atoms with E-state index in [1.807, 2.05) is 13.0 Å². The summed E-state index contributed by atoms with van der Waals surface area (Å²) >= 11 is 0. The zero-order valence-corrected chi connectivity index (χ0v) is 11.4. The molecule has 1 amide bonds. The number of allylic oxidation sites excluding steroid dienone is 1. The first kappa shape index (κ1) is 14.1. The average Bonchev–Trinajstić information content (AvgIpc) is 2.47. The summed E-state index contributed by atoms with van der Waals surface area (Å²) in [6.45, 7) is 4.19. The van der Waals surface area contributed by atoms with Crippen molar-refractivity contribution in [1.82, 2.24) is 5.32 Å². The maximum atomic E-state index is 12.6. The minimum atomic E-state index is -0.0989. The number of piperidine rings is 1. The second kappa shape index (κ2) is 5.74. The van der Waals surface area contributed by atoms with Crippen molar-refractivity contribution in [3.05, 3.63) is 34.4 Å². The number of nitrogens with one attached hydrogen (secondary N) is 1. The van der Waals surface area contributed by atoms with Crippen LogP contribution < -0.4 is 10.3 Å². The molecular formula is C15H15FN2O2. The summed E-state index contributed by atoms with van der Waals surface area (Å²) in [5.41, 5.74) is 2.99. The van der Waals surface area contributed by atoms with Crippen LogP contribution in [0.4, 0.5) is 4.53 Å². The molecule has 1 aromatic carbocycles. The Morgan fingerprint density at radius 3 is 2.85 bits per heavy atom. The molecule has 5 heteroatoms. The van der Waals surface area contributed by atoms with Crippen molar-refractivity contribution in [1.29, 1.82) is 5.26 Å². The lowest BCUT2D eigenvalue weighted by Crippen LogP contribution is -2.31. The van der Waals surface area contributed by atoms with Gasteiger partial charge in [-0.15, -0.1) is 0 Å². The molecule has 1 heterocycles. The van der Waals surface area contributed by atoms with Gasteiger partial charge in [-0.3, -0.25) is 9.74 Å². The summed E-state index contributed by atoms with van der Waals surface area (Å²) in [4.78, 5) is 15.7. The Morgan fingerprint density at radius 1 is 1.50 bits per heavy atom. The molecule has 0 spiro atoms. The fourth-order valence-electron chi connectivity index (χ4n) is 2.43. The van der Waals surface area contributed by atoms with Gasteiger partial charge in [-0.2, -0.15) is 5.26 Å². The van der Waals surface area contributed by atoms with Gasteiger partial charge in [0.1, 0.15) is 0 Å². The van der Waals surface area contributed by atoms with Crippen LogP contribution in [0.15, 0.2) is 17.7 Å². The zero-order chi connectivity index (χ0) is 14.7. The summed E-state index contributed by atoms with van der Waals surface area (Å²) in [6.07, 6.45) is 1.56. The summed E-state index contributed by atoms with van der Waals surface area (Å²) in [5, 5.41) is 11.8. The lowest BCUT2D eigenvalue weighted by molar-refractivity contribution is -0.118. The summed E-state index contributed by atoms with van der Waals surface area (Å²) < 4.78 is 12.6. The highest BCUT2D eigenvalue weighted by atomic mass is 19.3. The first-order valence-corrected chi connectivity index (χ1v) is 6.40. The van der Waals surface area contributed by atoms with Gasteiger partial charge in [0.15, 0.2) is 5.75 Å². The van der Waals surface area contributed by atoms with Crippen LogP contribution in [0.2, 0.25) is 0 Å². The van der Waals surface area contributed by atoms with Gasteiger partial charge in [0.05, 0.1) is 11.6 Å². The van der Waals surface area contributed by atoms with Gasteiger partial charge in [-0.1, -0.05) is 0 Å². The Labute approximate surface area is 116 Å². The predicted octanol–water partition coefficient (Wildman–Crippen LogP) is 2.81. The molecule has 1 saturated heterocycles. The first-order valence-electron chi connectivity index (χ1n) is 6.40. The standard InChI is InChI=1S/C15H15FN2O2/c1-9(12-4-3-5-18-15(12)19)13-6-11(8-17)7-14(20-16)10(13)2/h6-7H,3-5H2,1-2H3,(H,18,19)/b12-9+. The first-order chi connectivity index (χ1) is 9.58. The molecule has 4 nitrogen and oxygen atoms in total. The van der Waals surface area contributed by atoms with Crippen molar-refractivity contribution in [2.24, 2.45) is 0 Å². The fourth-order valence-corrected chi connectivity index (χ4v) is 2.43. The van der Waals surface area contributed by atoms with Crippen LogP contribution in [0.1, 0.15) is 36.5 Å². The third-order valence-corrected chi connectivity index (χ3v) is 3.59. The van der Waals surface area contributed by atoms with Crippen molar-refractivity contribution in [2.75, 3.05) is 6.54 Å². The van der Waals surface area contributed by atoms with Gasteiger partial charge in [0, 0.05) is 28.3 Å². The van der Waals surface area contributed by atoms with Gasteiger partial charge >= 0.3 is 0 Å². The SMILES string of the molecule is C/C(=C1/CCCNC1=O)c1cc(C#N)cc(OF)c1C. The van der Waals surface area contributed by atoms with Gasteiger partial charge in [0.25, 0.3) is 0 Å². The van der Waals surface area contributed by atoms with Crippen LogP contribution in [0.25, 0.3) is 5.57 Å². The Morgan fingerprint density at radius 2 is 2.25 bits per heavy atom. The number of nitriles is 1. The van der Waals surface area contributed by atoms with Crippen LogP contribution in [0.3, 0.4) is 0 Å². The molecule has 0 unspecified atom stereocenters. The summed E-state index contributed by atoms with van der Waals surface area (Å²) in [7, 11) is 0. The molecule has 104 valence electrons. The quantitative estimate of drug-likeness (QED) is 0.843. The molecule has 0 saturated carbocycles. The number of nitrogens with zero attached hydrogens (tertiary/aromatic N) is 1. The number of rotatable bonds is 2. The number of hydrogen-bond acceptors (Lipinski definition) is 3. The molecule has 1 N–H and O–H groups in total. The molecule has 0 aromatic heterocycles. The maximum Gasteiger partial charge on any atom is 0.247 e. The minimum absolute atomic E-state index is 0.00946. The van der Waals surface area contributed by atoms with E-state index in [1.54, 1.807) is 13.0 Å². The highest BCUT2D eigenvalue weighted by Gasteiger charge is 2.20. The third-order valence-electron chi connectivity index (χ3n) is 3.59. The summed E-state index contributed by atoms with van der Waals surface area (Å²) in [6, 6.07) is 4.97. The molecule has 20 heavy (non-hydrogen) atoms.